The molecule has 0 spiro atoms. The minimum absolute atomic E-state index is 0.0337. The van der Waals surface area contributed by atoms with E-state index in [1.165, 1.54) is 11.6 Å². The quantitative estimate of drug-likeness (QED) is 0.395. The van der Waals surface area contributed by atoms with Crippen LogP contribution < -0.4 is 10.6 Å². The highest BCUT2D eigenvalue weighted by Gasteiger charge is 2.24. The smallest absolute Gasteiger partial charge is 0.326 e. The Kier molecular flexibility index (Phi) is 9.29. The van der Waals surface area contributed by atoms with Gasteiger partial charge in [-0.05, 0) is 55.9 Å². The standard InChI is InChI=1S/C23H26Cl2FN3O4/c24-15-12-17(25)20(18(26)13-15)22(30)29-19(23(31)32)8-11-33-10-2-1-5-16-7-6-14-4-3-9-27-21(14)28-16/h6-7,12-13,19H,1-5,8-11H2,(H,27,28)(H,29,30)(H,31,32)/t19-/m0/s1. The van der Waals surface area contributed by atoms with Crippen molar-refractivity contribution < 1.29 is 23.8 Å². The number of benzene rings is 1. The number of aliphatic carboxylic acids is 1. The highest BCUT2D eigenvalue weighted by atomic mass is 35.5. The molecule has 0 saturated heterocycles. The molecule has 0 unspecified atom stereocenters. The van der Waals surface area contributed by atoms with Gasteiger partial charge in [0.15, 0.2) is 0 Å². The number of aromatic nitrogens is 1. The van der Waals surface area contributed by atoms with E-state index in [4.69, 9.17) is 27.9 Å². The molecule has 2 heterocycles. The topological polar surface area (TPSA) is 101 Å². The van der Waals surface area contributed by atoms with Crippen LogP contribution in [0.5, 0.6) is 0 Å². The predicted octanol–water partition coefficient (Wildman–Crippen LogP) is 4.50. The maximum absolute atomic E-state index is 14.0. The minimum atomic E-state index is -1.25. The van der Waals surface area contributed by atoms with Crippen molar-refractivity contribution in [2.24, 2.45) is 0 Å². The maximum atomic E-state index is 14.0. The summed E-state index contributed by atoms with van der Waals surface area (Å²) in [7, 11) is 0. The number of hydrogen-bond acceptors (Lipinski definition) is 5. The average Bonchev–Trinajstić information content (AvgIpc) is 2.76. The molecule has 0 bridgehead atoms. The fourth-order valence-electron chi connectivity index (χ4n) is 3.57. The van der Waals surface area contributed by atoms with Gasteiger partial charge in [0.25, 0.3) is 5.91 Å². The molecule has 0 fully saturated rings. The molecule has 1 amide bonds. The molecule has 1 aromatic carbocycles. The first kappa shape index (κ1) is 25.2. The van der Waals surface area contributed by atoms with Crippen LogP contribution in [0.2, 0.25) is 10.0 Å². The highest BCUT2D eigenvalue weighted by Crippen LogP contribution is 2.24. The zero-order chi connectivity index (χ0) is 23.8. The molecule has 7 nitrogen and oxygen atoms in total. The van der Waals surface area contributed by atoms with Gasteiger partial charge in [0.05, 0.1) is 10.6 Å². The van der Waals surface area contributed by atoms with Crippen LogP contribution in [0.25, 0.3) is 0 Å². The minimum Gasteiger partial charge on any atom is -0.480 e. The van der Waals surface area contributed by atoms with Crippen LogP contribution in [-0.2, 0) is 22.4 Å². The number of carboxylic acid groups (broad SMARTS) is 1. The van der Waals surface area contributed by atoms with E-state index < -0.39 is 29.3 Å². The van der Waals surface area contributed by atoms with Crippen LogP contribution in [0, 0.1) is 5.82 Å². The van der Waals surface area contributed by atoms with Crippen molar-refractivity contribution in [1.29, 1.82) is 0 Å². The molecule has 1 aromatic heterocycles. The van der Waals surface area contributed by atoms with Gasteiger partial charge in [0, 0.05) is 36.9 Å². The van der Waals surface area contributed by atoms with E-state index in [1.807, 2.05) is 0 Å². The molecular formula is C23H26Cl2FN3O4. The Morgan fingerprint density at radius 3 is 2.82 bits per heavy atom. The fourth-order valence-corrected chi connectivity index (χ4v) is 4.12. The van der Waals surface area contributed by atoms with Gasteiger partial charge in [-0.3, -0.25) is 4.79 Å². The van der Waals surface area contributed by atoms with E-state index >= 15 is 0 Å². The van der Waals surface area contributed by atoms with Crippen LogP contribution in [0.4, 0.5) is 10.2 Å². The molecule has 0 saturated carbocycles. The molecule has 0 radical (unpaired) electrons. The lowest BCUT2D eigenvalue weighted by molar-refractivity contribution is -0.139. The van der Waals surface area contributed by atoms with Gasteiger partial charge in [0.2, 0.25) is 0 Å². The summed E-state index contributed by atoms with van der Waals surface area (Å²) in [6.07, 6.45) is 4.74. The number of aryl methyl sites for hydroxylation is 2. The molecule has 3 N–H and O–H groups in total. The lowest BCUT2D eigenvalue weighted by Crippen LogP contribution is -2.42. The molecule has 1 aliphatic heterocycles. The van der Waals surface area contributed by atoms with Gasteiger partial charge in [-0.25, -0.2) is 14.2 Å². The van der Waals surface area contributed by atoms with E-state index in [1.54, 1.807) is 0 Å². The van der Waals surface area contributed by atoms with Crippen molar-refractivity contribution in [2.45, 2.75) is 44.6 Å². The van der Waals surface area contributed by atoms with Gasteiger partial charge in [-0.15, -0.1) is 0 Å². The van der Waals surface area contributed by atoms with Crippen LogP contribution in [0.1, 0.15) is 47.3 Å². The number of nitrogens with one attached hydrogen (secondary N) is 2. The first-order valence-corrected chi connectivity index (χ1v) is 11.6. The Hall–Kier alpha value is -2.42. The third kappa shape index (κ3) is 7.28. The highest BCUT2D eigenvalue weighted by molar-refractivity contribution is 6.36. The summed E-state index contributed by atoms with van der Waals surface area (Å²) in [6.45, 7) is 1.55. The normalized spacial score (nSPS) is 13.7. The van der Waals surface area contributed by atoms with Crippen LogP contribution in [0.15, 0.2) is 24.3 Å². The lowest BCUT2D eigenvalue weighted by atomic mass is 10.1. The summed E-state index contributed by atoms with van der Waals surface area (Å²) in [5, 5.41) is 14.8. The summed E-state index contributed by atoms with van der Waals surface area (Å²) in [5.74, 6) is -2.11. The molecule has 2 aromatic rings. The van der Waals surface area contributed by atoms with Gasteiger partial charge in [-0.1, -0.05) is 29.3 Å². The summed E-state index contributed by atoms with van der Waals surface area (Å²) in [6, 6.07) is 5.11. The first-order valence-electron chi connectivity index (χ1n) is 10.8. The number of carboxylic acids is 1. The molecule has 10 heteroatoms. The zero-order valence-electron chi connectivity index (χ0n) is 18.0. The molecule has 3 rings (SSSR count). The second-order valence-electron chi connectivity index (χ2n) is 7.81. The Balaban J connectivity index is 1.38. The number of pyridine rings is 1. The van der Waals surface area contributed by atoms with Crippen molar-refractivity contribution in [2.75, 3.05) is 25.1 Å². The number of carbonyl (C=O) groups is 2. The average molecular weight is 498 g/mol. The van der Waals surface area contributed by atoms with Gasteiger partial charge in [-0.2, -0.15) is 0 Å². The number of rotatable bonds is 11. The Labute approximate surface area is 201 Å². The molecule has 0 aliphatic carbocycles. The third-order valence-electron chi connectivity index (χ3n) is 5.31. The summed E-state index contributed by atoms with van der Waals surface area (Å²) in [4.78, 5) is 28.5. The van der Waals surface area contributed by atoms with E-state index in [0.717, 1.165) is 56.2 Å². The summed E-state index contributed by atoms with van der Waals surface area (Å²) >= 11 is 11.6. The van der Waals surface area contributed by atoms with E-state index in [9.17, 15) is 19.1 Å². The molecule has 1 atom stereocenters. The Morgan fingerprint density at radius 2 is 2.06 bits per heavy atom. The SMILES string of the molecule is O=C(N[C@@H](CCOCCCCc1ccc2c(n1)NCCC2)C(=O)O)c1c(F)cc(Cl)cc1Cl. The summed E-state index contributed by atoms with van der Waals surface area (Å²) in [5.41, 5.74) is 1.85. The number of halogens is 3. The van der Waals surface area contributed by atoms with E-state index in [2.05, 4.69) is 27.8 Å². The molecule has 178 valence electrons. The molecule has 33 heavy (non-hydrogen) atoms. The number of ether oxygens (including phenoxy) is 1. The van der Waals surface area contributed by atoms with Crippen LogP contribution in [0.3, 0.4) is 0 Å². The zero-order valence-corrected chi connectivity index (χ0v) is 19.5. The molecular weight excluding hydrogens is 472 g/mol. The van der Waals surface area contributed by atoms with Crippen molar-refractivity contribution in [3.8, 4) is 0 Å². The monoisotopic (exact) mass is 497 g/mol. The largest absolute Gasteiger partial charge is 0.480 e. The number of fused-ring (bicyclic) bond motifs is 1. The van der Waals surface area contributed by atoms with Gasteiger partial charge >= 0.3 is 5.97 Å². The number of hydrogen-bond donors (Lipinski definition) is 3. The summed E-state index contributed by atoms with van der Waals surface area (Å²) < 4.78 is 19.6. The van der Waals surface area contributed by atoms with E-state index in [-0.39, 0.29) is 23.1 Å². The Morgan fingerprint density at radius 1 is 1.24 bits per heavy atom. The van der Waals surface area contributed by atoms with Crippen molar-refractivity contribution in [3.63, 3.8) is 0 Å². The second-order valence-corrected chi connectivity index (χ2v) is 8.65. The molecule has 1 aliphatic rings. The Bertz CT molecular complexity index is 983. The predicted molar refractivity (Wildman–Crippen MR) is 125 cm³/mol. The lowest BCUT2D eigenvalue weighted by Gasteiger charge is -2.17. The number of amides is 1. The van der Waals surface area contributed by atoms with Gasteiger partial charge < -0.3 is 20.5 Å². The number of carbonyl (C=O) groups excluding carboxylic acids is 1. The van der Waals surface area contributed by atoms with Crippen LogP contribution >= 0.6 is 23.2 Å². The first-order chi connectivity index (χ1) is 15.8. The van der Waals surface area contributed by atoms with Crippen molar-refractivity contribution >= 4 is 40.9 Å². The number of anilines is 1. The maximum Gasteiger partial charge on any atom is 0.326 e. The third-order valence-corrected chi connectivity index (χ3v) is 5.83. The van der Waals surface area contributed by atoms with Crippen molar-refractivity contribution in [1.82, 2.24) is 10.3 Å². The van der Waals surface area contributed by atoms with Gasteiger partial charge in [0.1, 0.15) is 17.7 Å². The number of unbranched alkanes of at least 4 members (excludes halogenated alkanes) is 1. The van der Waals surface area contributed by atoms with Crippen LogP contribution in [-0.4, -0.2) is 47.8 Å². The van der Waals surface area contributed by atoms with Crippen molar-refractivity contribution in [3.05, 3.63) is 56.9 Å². The van der Waals surface area contributed by atoms with E-state index in [0.29, 0.717) is 6.61 Å². The second kappa shape index (κ2) is 12.2. The number of nitrogens with zero attached hydrogens (tertiary/aromatic N) is 1. The fraction of sp³-hybridized carbons (Fsp3) is 0.435.